The van der Waals surface area contributed by atoms with Crippen LogP contribution < -0.4 is 4.90 Å². The summed E-state index contributed by atoms with van der Waals surface area (Å²) in [6.45, 7) is 3.84. The highest BCUT2D eigenvalue weighted by Crippen LogP contribution is 2.24. The quantitative estimate of drug-likeness (QED) is 0.595. The van der Waals surface area contributed by atoms with Crippen LogP contribution in [0.15, 0.2) is 110 Å². The summed E-state index contributed by atoms with van der Waals surface area (Å²) in [6.07, 6.45) is 1.82. The van der Waals surface area contributed by atoms with Gasteiger partial charge in [0.2, 0.25) is 0 Å². The predicted octanol–water partition coefficient (Wildman–Crippen LogP) is 5.65. The molecular weight excluding hydrogens is 254 g/mol. The van der Waals surface area contributed by atoms with Gasteiger partial charge in [-0.2, -0.15) is 0 Å². The van der Waals surface area contributed by atoms with Crippen molar-refractivity contribution in [3.8, 4) is 0 Å². The topological polar surface area (TPSA) is 3.24 Å². The molecule has 0 aliphatic heterocycles. The van der Waals surface area contributed by atoms with Crippen molar-refractivity contribution in [1.29, 1.82) is 0 Å². The van der Waals surface area contributed by atoms with E-state index in [0.717, 1.165) is 11.4 Å². The Balaban J connectivity index is 0.000000225. The van der Waals surface area contributed by atoms with E-state index in [4.69, 9.17) is 0 Å². The molecule has 0 bridgehead atoms. The molecule has 0 unspecified atom stereocenters. The van der Waals surface area contributed by atoms with E-state index >= 15 is 0 Å². The van der Waals surface area contributed by atoms with E-state index < -0.39 is 0 Å². The van der Waals surface area contributed by atoms with E-state index in [9.17, 15) is 0 Å². The van der Waals surface area contributed by atoms with Gasteiger partial charge in [-0.1, -0.05) is 79.4 Å². The van der Waals surface area contributed by atoms with Gasteiger partial charge in [0, 0.05) is 17.6 Å². The lowest BCUT2D eigenvalue weighted by Crippen LogP contribution is -2.06. The molecule has 0 aliphatic carbocycles. The zero-order valence-electron chi connectivity index (χ0n) is 12.0. The van der Waals surface area contributed by atoms with Crippen LogP contribution in [0.3, 0.4) is 0 Å². The highest BCUT2D eigenvalue weighted by Gasteiger charge is 2.02. The molecule has 0 saturated carbocycles. The van der Waals surface area contributed by atoms with Crippen molar-refractivity contribution in [3.05, 3.63) is 110 Å². The average molecular weight is 273 g/mol. The molecule has 0 saturated heterocycles. The van der Waals surface area contributed by atoms with Gasteiger partial charge in [-0.15, -0.1) is 0 Å². The van der Waals surface area contributed by atoms with Crippen LogP contribution in [-0.4, -0.2) is 0 Å². The van der Waals surface area contributed by atoms with E-state index in [1.54, 1.807) is 0 Å². The summed E-state index contributed by atoms with van der Waals surface area (Å²) >= 11 is 0. The molecule has 3 aromatic rings. The Labute approximate surface area is 126 Å². The molecular formula is C20H19N. The van der Waals surface area contributed by atoms with Crippen LogP contribution in [0.5, 0.6) is 0 Å². The molecule has 1 heteroatoms. The molecule has 0 radical (unpaired) electrons. The third-order valence-electron chi connectivity index (χ3n) is 2.92. The van der Waals surface area contributed by atoms with E-state index in [0.29, 0.717) is 0 Å². The molecule has 0 amide bonds. The summed E-state index contributed by atoms with van der Waals surface area (Å²) in [5.74, 6) is 0. The van der Waals surface area contributed by atoms with Crippen LogP contribution in [-0.2, 0) is 0 Å². The van der Waals surface area contributed by atoms with Crippen molar-refractivity contribution < 1.29 is 0 Å². The first-order valence-electron chi connectivity index (χ1n) is 6.94. The maximum absolute atomic E-state index is 3.84. The molecule has 0 spiro atoms. The van der Waals surface area contributed by atoms with Gasteiger partial charge in [0.25, 0.3) is 0 Å². The molecule has 0 aromatic heterocycles. The number of hydrogen-bond donors (Lipinski definition) is 0. The van der Waals surface area contributed by atoms with Crippen LogP contribution in [0, 0.1) is 0 Å². The van der Waals surface area contributed by atoms with Gasteiger partial charge in [0.15, 0.2) is 0 Å². The Morgan fingerprint density at radius 1 is 0.524 bits per heavy atom. The van der Waals surface area contributed by atoms with E-state index in [1.807, 2.05) is 79.0 Å². The van der Waals surface area contributed by atoms with Gasteiger partial charge >= 0.3 is 0 Å². The number of hydrogen-bond acceptors (Lipinski definition) is 1. The summed E-state index contributed by atoms with van der Waals surface area (Å²) in [5, 5.41) is 0. The molecule has 0 fully saturated rings. The van der Waals surface area contributed by atoms with E-state index in [1.165, 1.54) is 0 Å². The van der Waals surface area contributed by atoms with Crippen molar-refractivity contribution >= 4 is 11.4 Å². The van der Waals surface area contributed by atoms with E-state index in [-0.39, 0.29) is 0 Å². The lowest BCUT2D eigenvalue weighted by atomic mass is 10.2. The Morgan fingerprint density at radius 3 is 1.10 bits per heavy atom. The second-order valence-electron chi connectivity index (χ2n) is 4.38. The molecule has 21 heavy (non-hydrogen) atoms. The lowest BCUT2D eigenvalue weighted by molar-refractivity contribution is 1.29. The fourth-order valence-electron chi connectivity index (χ4n) is 1.92. The standard InChI is InChI=1S/C14H13N.C6H6/c1-2-15(13-9-5-3-6-10-13)14-11-7-4-8-12-14;1-2-4-6-5-3-1/h2-12H,1H2;1-6H. The average Bonchev–Trinajstić information content (AvgIpc) is 2.60. The fraction of sp³-hybridized carbons (Fsp3) is 0. The Hall–Kier alpha value is -2.80. The first-order valence-corrected chi connectivity index (χ1v) is 6.94. The fourth-order valence-corrected chi connectivity index (χ4v) is 1.92. The maximum atomic E-state index is 3.84. The van der Waals surface area contributed by atoms with Crippen LogP contribution in [0.25, 0.3) is 0 Å². The summed E-state index contributed by atoms with van der Waals surface area (Å²) in [5.41, 5.74) is 2.25. The van der Waals surface area contributed by atoms with Crippen molar-refractivity contribution in [1.82, 2.24) is 0 Å². The third kappa shape index (κ3) is 4.66. The minimum absolute atomic E-state index is 1.12. The maximum Gasteiger partial charge on any atom is 0.0455 e. The van der Waals surface area contributed by atoms with Gasteiger partial charge in [-0.05, 0) is 24.3 Å². The number of rotatable bonds is 3. The number of nitrogens with zero attached hydrogens (tertiary/aromatic N) is 1. The third-order valence-corrected chi connectivity index (χ3v) is 2.92. The molecule has 3 rings (SSSR count). The SMILES string of the molecule is C=CN(c1ccccc1)c1ccccc1.c1ccccc1. The molecule has 0 atom stereocenters. The highest BCUT2D eigenvalue weighted by molar-refractivity contribution is 5.65. The van der Waals surface area contributed by atoms with Crippen LogP contribution in [0.2, 0.25) is 0 Å². The smallest absolute Gasteiger partial charge is 0.0455 e. The van der Waals surface area contributed by atoms with Gasteiger partial charge in [0.1, 0.15) is 0 Å². The van der Waals surface area contributed by atoms with Gasteiger partial charge in [0.05, 0.1) is 0 Å². The summed E-state index contributed by atoms with van der Waals surface area (Å²) < 4.78 is 0. The second kappa shape index (κ2) is 8.39. The monoisotopic (exact) mass is 273 g/mol. The normalized spacial score (nSPS) is 9.14. The molecule has 0 heterocycles. The highest BCUT2D eigenvalue weighted by atomic mass is 15.1. The van der Waals surface area contributed by atoms with Gasteiger partial charge < -0.3 is 4.90 Å². The van der Waals surface area contributed by atoms with Crippen LogP contribution >= 0.6 is 0 Å². The van der Waals surface area contributed by atoms with Gasteiger partial charge in [-0.25, -0.2) is 0 Å². The summed E-state index contributed by atoms with van der Waals surface area (Å²) in [4.78, 5) is 2.06. The van der Waals surface area contributed by atoms with Crippen molar-refractivity contribution in [2.24, 2.45) is 0 Å². The summed E-state index contributed by atoms with van der Waals surface area (Å²) in [6, 6.07) is 32.4. The molecule has 3 aromatic carbocycles. The minimum Gasteiger partial charge on any atom is -0.318 e. The van der Waals surface area contributed by atoms with Crippen molar-refractivity contribution in [2.75, 3.05) is 4.90 Å². The minimum atomic E-state index is 1.12. The van der Waals surface area contributed by atoms with Gasteiger partial charge in [-0.3, -0.25) is 0 Å². The van der Waals surface area contributed by atoms with Crippen molar-refractivity contribution in [2.45, 2.75) is 0 Å². The number of para-hydroxylation sites is 2. The molecule has 104 valence electrons. The Bertz CT molecular complexity index is 552. The number of benzene rings is 3. The molecule has 0 N–H and O–H groups in total. The second-order valence-corrected chi connectivity index (χ2v) is 4.38. The first kappa shape index (κ1) is 14.6. The Kier molecular flexibility index (Phi) is 5.83. The van der Waals surface area contributed by atoms with Crippen LogP contribution in [0.4, 0.5) is 11.4 Å². The number of anilines is 2. The largest absolute Gasteiger partial charge is 0.318 e. The van der Waals surface area contributed by atoms with Crippen molar-refractivity contribution in [3.63, 3.8) is 0 Å². The first-order chi connectivity index (χ1) is 10.4. The van der Waals surface area contributed by atoms with E-state index in [2.05, 4.69) is 35.7 Å². The molecule has 0 aliphatic rings. The zero-order chi connectivity index (χ0) is 14.8. The van der Waals surface area contributed by atoms with Crippen LogP contribution in [0.1, 0.15) is 0 Å². The predicted molar refractivity (Wildman–Crippen MR) is 91.7 cm³/mol. The molecule has 1 nitrogen and oxygen atoms in total. The summed E-state index contributed by atoms with van der Waals surface area (Å²) in [7, 11) is 0. The lowest BCUT2D eigenvalue weighted by Gasteiger charge is -2.19. The zero-order valence-corrected chi connectivity index (χ0v) is 12.0. The Morgan fingerprint density at radius 2 is 0.810 bits per heavy atom.